The smallest absolute Gasteiger partial charge is 0.229 e. The second-order valence-corrected chi connectivity index (χ2v) is 6.34. The van der Waals surface area contributed by atoms with Gasteiger partial charge in [0.15, 0.2) is 0 Å². The van der Waals surface area contributed by atoms with Gasteiger partial charge in [0.1, 0.15) is 5.82 Å². The first kappa shape index (κ1) is 15.4. The van der Waals surface area contributed by atoms with Gasteiger partial charge in [0.2, 0.25) is 5.95 Å². The summed E-state index contributed by atoms with van der Waals surface area (Å²) < 4.78 is 0. The summed E-state index contributed by atoms with van der Waals surface area (Å²) in [7, 11) is 0. The van der Waals surface area contributed by atoms with E-state index in [-0.39, 0.29) is 0 Å². The summed E-state index contributed by atoms with van der Waals surface area (Å²) in [6.45, 7) is 0. The number of benzene rings is 1. The number of rotatable bonds is 4. The van der Waals surface area contributed by atoms with Gasteiger partial charge in [-0.15, -0.1) is 0 Å². The predicted molar refractivity (Wildman–Crippen MR) is 92.3 cm³/mol. The van der Waals surface area contributed by atoms with Crippen LogP contribution in [0.5, 0.6) is 0 Å². The highest BCUT2D eigenvalue weighted by molar-refractivity contribution is 6.36. The van der Waals surface area contributed by atoms with Crippen molar-refractivity contribution in [3.8, 4) is 0 Å². The van der Waals surface area contributed by atoms with Gasteiger partial charge < -0.3 is 10.6 Å². The molecule has 0 spiro atoms. The highest BCUT2D eigenvalue weighted by Gasteiger charge is 2.13. The lowest BCUT2D eigenvalue weighted by atomic mass is 9.95. The van der Waals surface area contributed by atoms with E-state index in [1.807, 2.05) is 12.1 Å². The van der Waals surface area contributed by atoms with E-state index in [0.717, 1.165) is 11.5 Å². The molecule has 0 bridgehead atoms. The molecule has 4 nitrogen and oxygen atoms in total. The number of anilines is 3. The number of hydrogen-bond acceptors (Lipinski definition) is 4. The molecule has 1 saturated carbocycles. The third-order valence-electron chi connectivity index (χ3n) is 3.79. The lowest BCUT2D eigenvalue weighted by molar-refractivity contribution is 0.462. The van der Waals surface area contributed by atoms with Crippen molar-refractivity contribution in [3.63, 3.8) is 0 Å². The molecule has 0 saturated heterocycles. The van der Waals surface area contributed by atoms with Crippen molar-refractivity contribution >= 4 is 40.7 Å². The lowest BCUT2D eigenvalue weighted by Gasteiger charge is -2.23. The molecule has 6 heteroatoms. The molecule has 1 fully saturated rings. The Hall–Kier alpha value is -1.52. The fourth-order valence-electron chi connectivity index (χ4n) is 2.67. The number of nitrogens with one attached hydrogen (secondary N) is 2. The number of aromatic nitrogens is 2. The molecule has 0 atom stereocenters. The van der Waals surface area contributed by atoms with Crippen molar-refractivity contribution in [2.75, 3.05) is 10.6 Å². The minimum atomic E-state index is 0.510. The molecule has 1 aromatic carbocycles. The SMILES string of the molecule is Clc1ccc(Nc2nccc(NC3CCCCC3)n2)c(Cl)c1. The lowest BCUT2D eigenvalue weighted by Crippen LogP contribution is -2.22. The van der Waals surface area contributed by atoms with Crippen molar-refractivity contribution < 1.29 is 0 Å². The van der Waals surface area contributed by atoms with Crippen molar-refractivity contribution in [2.24, 2.45) is 0 Å². The summed E-state index contributed by atoms with van der Waals surface area (Å²) in [5.74, 6) is 1.36. The third-order valence-corrected chi connectivity index (χ3v) is 4.34. The largest absolute Gasteiger partial charge is 0.367 e. The number of halogens is 2. The third kappa shape index (κ3) is 4.02. The zero-order valence-electron chi connectivity index (χ0n) is 12.1. The van der Waals surface area contributed by atoms with Gasteiger partial charge in [0, 0.05) is 17.3 Å². The van der Waals surface area contributed by atoms with Crippen molar-refractivity contribution in [1.29, 1.82) is 0 Å². The molecule has 116 valence electrons. The fourth-order valence-corrected chi connectivity index (χ4v) is 3.12. The molecular weight excluding hydrogens is 319 g/mol. The maximum atomic E-state index is 6.16. The molecule has 3 rings (SSSR count). The van der Waals surface area contributed by atoms with Crippen LogP contribution >= 0.6 is 23.2 Å². The van der Waals surface area contributed by atoms with Gasteiger partial charge >= 0.3 is 0 Å². The maximum Gasteiger partial charge on any atom is 0.229 e. The Balaban J connectivity index is 1.70. The normalized spacial score (nSPS) is 15.5. The van der Waals surface area contributed by atoms with Crippen LogP contribution in [0.25, 0.3) is 0 Å². The van der Waals surface area contributed by atoms with Crippen LogP contribution in [0.3, 0.4) is 0 Å². The Morgan fingerprint density at radius 1 is 1.05 bits per heavy atom. The maximum absolute atomic E-state index is 6.16. The number of nitrogens with zero attached hydrogens (tertiary/aromatic N) is 2. The van der Waals surface area contributed by atoms with Gasteiger partial charge in [-0.3, -0.25) is 0 Å². The first-order chi connectivity index (χ1) is 10.7. The van der Waals surface area contributed by atoms with Gasteiger partial charge in [-0.05, 0) is 37.1 Å². The highest BCUT2D eigenvalue weighted by atomic mass is 35.5. The quantitative estimate of drug-likeness (QED) is 0.798. The zero-order valence-corrected chi connectivity index (χ0v) is 13.7. The topological polar surface area (TPSA) is 49.8 Å². The average molecular weight is 337 g/mol. The van der Waals surface area contributed by atoms with Crippen LogP contribution in [0.2, 0.25) is 10.0 Å². The average Bonchev–Trinajstić information content (AvgIpc) is 2.52. The van der Waals surface area contributed by atoms with E-state index in [1.54, 1.807) is 18.3 Å². The van der Waals surface area contributed by atoms with Crippen LogP contribution in [-0.4, -0.2) is 16.0 Å². The van der Waals surface area contributed by atoms with E-state index in [0.29, 0.717) is 22.0 Å². The fraction of sp³-hybridized carbons (Fsp3) is 0.375. The Labute approximate surface area is 140 Å². The minimum absolute atomic E-state index is 0.510. The summed E-state index contributed by atoms with van der Waals surface area (Å²) in [6, 6.07) is 7.68. The highest BCUT2D eigenvalue weighted by Crippen LogP contribution is 2.27. The molecule has 1 aliphatic rings. The van der Waals surface area contributed by atoms with E-state index in [2.05, 4.69) is 20.6 Å². The molecule has 22 heavy (non-hydrogen) atoms. The molecular formula is C16H18Cl2N4. The van der Waals surface area contributed by atoms with Crippen molar-refractivity contribution in [1.82, 2.24) is 9.97 Å². The summed E-state index contributed by atoms with van der Waals surface area (Å²) in [6.07, 6.45) is 8.06. The van der Waals surface area contributed by atoms with Crippen molar-refractivity contribution in [3.05, 3.63) is 40.5 Å². The molecule has 1 heterocycles. The van der Waals surface area contributed by atoms with Crippen molar-refractivity contribution in [2.45, 2.75) is 38.1 Å². The van der Waals surface area contributed by atoms with E-state index in [4.69, 9.17) is 23.2 Å². The van der Waals surface area contributed by atoms with E-state index < -0.39 is 0 Å². The Kier molecular flexibility index (Phi) is 5.01. The summed E-state index contributed by atoms with van der Waals surface area (Å²) in [5.41, 5.74) is 0.737. The monoisotopic (exact) mass is 336 g/mol. The molecule has 0 aliphatic heterocycles. The van der Waals surface area contributed by atoms with E-state index >= 15 is 0 Å². The van der Waals surface area contributed by atoms with Crippen LogP contribution in [0, 0.1) is 0 Å². The summed E-state index contributed by atoms with van der Waals surface area (Å²) in [4.78, 5) is 8.74. The summed E-state index contributed by atoms with van der Waals surface area (Å²) >= 11 is 12.1. The molecule has 0 unspecified atom stereocenters. The zero-order chi connectivity index (χ0) is 15.4. The molecule has 1 aromatic heterocycles. The second-order valence-electron chi connectivity index (χ2n) is 5.49. The Morgan fingerprint density at radius 2 is 1.86 bits per heavy atom. The second kappa shape index (κ2) is 7.16. The van der Waals surface area contributed by atoms with Gasteiger partial charge in [-0.1, -0.05) is 42.5 Å². The van der Waals surface area contributed by atoms with Crippen LogP contribution in [0.15, 0.2) is 30.5 Å². The van der Waals surface area contributed by atoms with Gasteiger partial charge in [-0.2, -0.15) is 4.98 Å². The first-order valence-corrected chi connectivity index (χ1v) is 8.28. The number of hydrogen-bond donors (Lipinski definition) is 2. The van der Waals surface area contributed by atoms with Gasteiger partial charge in [0.25, 0.3) is 0 Å². The molecule has 0 amide bonds. The minimum Gasteiger partial charge on any atom is -0.367 e. The van der Waals surface area contributed by atoms with E-state index in [9.17, 15) is 0 Å². The van der Waals surface area contributed by atoms with Crippen LogP contribution < -0.4 is 10.6 Å². The van der Waals surface area contributed by atoms with Gasteiger partial charge in [-0.25, -0.2) is 4.98 Å². The molecule has 2 N–H and O–H groups in total. The van der Waals surface area contributed by atoms with Gasteiger partial charge in [0.05, 0.1) is 10.7 Å². The molecule has 1 aliphatic carbocycles. The van der Waals surface area contributed by atoms with E-state index in [1.165, 1.54) is 32.1 Å². The van der Waals surface area contributed by atoms with Crippen LogP contribution in [0.4, 0.5) is 17.5 Å². The Morgan fingerprint density at radius 3 is 2.64 bits per heavy atom. The standard InChI is InChI=1S/C16H18Cl2N4/c17-11-6-7-14(13(18)10-11)21-16-19-9-8-15(22-16)20-12-4-2-1-3-5-12/h6-10,12H,1-5H2,(H2,19,20,21,22). The Bertz CT molecular complexity index is 642. The molecule has 2 aromatic rings. The summed E-state index contributed by atoms with van der Waals surface area (Å²) in [5, 5.41) is 7.75. The van der Waals surface area contributed by atoms with Crippen LogP contribution in [0.1, 0.15) is 32.1 Å². The predicted octanol–water partition coefficient (Wildman–Crippen LogP) is 5.27. The first-order valence-electron chi connectivity index (χ1n) is 7.52. The molecule has 0 radical (unpaired) electrons. The van der Waals surface area contributed by atoms with Crippen LogP contribution in [-0.2, 0) is 0 Å².